The average Bonchev–Trinajstić information content (AvgIpc) is 3.11. The monoisotopic (exact) mass is 305 g/mol. The molecular weight excluding hydrogens is 290 g/mol. The Kier molecular flexibility index (Phi) is 4.06. The Bertz CT molecular complexity index is 836. The van der Waals surface area contributed by atoms with E-state index in [1.807, 2.05) is 19.1 Å². The lowest BCUT2D eigenvalue weighted by atomic mass is 10.0. The Balaban J connectivity index is 1.94. The summed E-state index contributed by atoms with van der Waals surface area (Å²) in [5, 5.41) is 8.29. The van der Waals surface area contributed by atoms with Crippen molar-refractivity contribution in [1.29, 1.82) is 5.41 Å². The number of carbonyl (C=O) groups excluding carboxylic acids is 1. The second kappa shape index (κ2) is 6.32. The molecule has 0 radical (unpaired) electrons. The molecule has 3 aromatic rings. The summed E-state index contributed by atoms with van der Waals surface area (Å²) in [5.41, 5.74) is 2.12. The van der Waals surface area contributed by atoms with E-state index in [1.54, 1.807) is 48.5 Å². The number of rotatable bonds is 4. The minimum absolute atomic E-state index is 0.176. The lowest BCUT2D eigenvalue weighted by molar-refractivity contribution is 0.0734. The lowest BCUT2D eigenvalue weighted by Crippen LogP contribution is -2.12. The third-order valence-corrected chi connectivity index (χ3v) is 3.38. The van der Waals surface area contributed by atoms with Crippen molar-refractivity contribution in [3.05, 3.63) is 89.4 Å². The molecule has 3 rings (SSSR count). The molecule has 0 aliphatic rings. The first-order chi connectivity index (χ1) is 11.1. The van der Waals surface area contributed by atoms with Crippen molar-refractivity contribution in [3.8, 4) is 5.75 Å². The van der Waals surface area contributed by atoms with Gasteiger partial charge in [0.25, 0.3) is 0 Å². The van der Waals surface area contributed by atoms with Gasteiger partial charge in [-0.3, -0.25) is 5.41 Å². The third kappa shape index (κ3) is 3.21. The molecule has 0 amide bonds. The number of esters is 1. The van der Waals surface area contributed by atoms with Crippen LogP contribution in [0.15, 0.2) is 71.3 Å². The number of furan rings is 1. The molecule has 0 saturated carbocycles. The summed E-state index contributed by atoms with van der Waals surface area (Å²) in [6, 6.07) is 17.5. The molecule has 0 unspecified atom stereocenters. The second-order valence-electron chi connectivity index (χ2n) is 5.11. The Morgan fingerprint density at radius 3 is 2.52 bits per heavy atom. The summed E-state index contributed by atoms with van der Waals surface area (Å²) in [7, 11) is 0. The molecule has 0 spiro atoms. The summed E-state index contributed by atoms with van der Waals surface area (Å²) >= 11 is 0. The zero-order chi connectivity index (χ0) is 16.2. The molecule has 1 aromatic heterocycles. The van der Waals surface area contributed by atoms with Crippen molar-refractivity contribution >= 4 is 11.7 Å². The molecule has 1 N–H and O–H groups in total. The zero-order valence-electron chi connectivity index (χ0n) is 12.6. The highest BCUT2D eigenvalue weighted by Crippen LogP contribution is 2.24. The number of aryl methyl sites for hydroxylation is 1. The summed E-state index contributed by atoms with van der Waals surface area (Å²) in [6.07, 6.45) is 1.51. The molecule has 2 aromatic carbocycles. The standard InChI is InChI=1S/C19H15NO3/c1-13-9-10-16(23-19(21)14-6-3-2-4-7-14)15(12-13)18(20)17-8-5-11-22-17/h2-12,20H,1H3. The molecule has 23 heavy (non-hydrogen) atoms. The fourth-order valence-electron chi connectivity index (χ4n) is 2.21. The van der Waals surface area contributed by atoms with Crippen LogP contribution in [-0.2, 0) is 0 Å². The largest absolute Gasteiger partial charge is 0.463 e. The third-order valence-electron chi connectivity index (χ3n) is 3.38. The smallest absolute Gasteiger partial charge is 0.343 e. The van der Waals surface area contributed by atoms with Crippen molar-refractivity contribution in [3.63, 3.8) is 0 Å². The van der Waals surface area contributed by atoms with Gasteiger partial charge in [-0.05, 0) is 43.3 Å². The van der Waals surface area contributed by atoms with Gasteiger partial charge in [-0.1, -0.05) is 29.8 Å². The van der Waals surface area contributed by atoms with Gasteiger partial charge in [0, 0.05) is 5.56 Å². The van der Waals surface area contributed by atoms with Crippen LogP contribution in [0.1, 0.15) is 27.2 Å². The van der Waals surface area contributed by atoms with E-state index in [2.05, 4.69) is 0 Å². The predicted octanol–water partition coefficient (Wildman–Crippen LogP) is 4.22. The number of nitrogens with one attached hydrogen (secondary N) is 1. The first-order valence-corrected chi connectivity index (χ1v) is 7.16. The van der Waals surface area contributed by atoms with Gasteiger partial charge >= 0.3 is 5.97 Å². The first kappa shape index (κ1) is 14.8. The van der Waals surface area contributed by atoms with Crippen LogP contribution in [0.25, 0.3) is 0 Å². The minimum Gasteiger partial charge on any atom is -0.463 e. The van der Waals surface area contributed by atoms with Gasteiger partial charge in [-0.15, -0.1) is 0 Å². The van der Waals surface area contributed by atoms with E-state index in [-0.39, 0.29) is 5.71 Å². The number of hydrogen-bond acceptors (Lipinski definition) is 4. The van der Waals surface area contributed by atoms with Crippen molar-refractivity contribution in [1.82, 2.24) is 0 Å². The van der Waals surface area contributed by atoms with Gasteiger partial charge in [0.15, 0.2) is 5.76 Å². The quantitative estimate of drug-likeness (QED) is 0.446. The van der Waals surface area contributed by atoms with E-state index in [9.17, 15) is 4.79 Å². The van der Waals surface area contributed by atoms with Crippen molar-refractivity contribution < 1.29 is 13.9 Å². The predicted molar refractivity (Wildman–Crippen MR) is 87.2 cm³/mol. The topological polar surface area (TPSA) is 63.3 Å². The Morgan fingerprint density at radius 1 is 1.04 bits per heavy atom. The van der Waals surface area contributed by atoms with E-state index < -0.39 is 5.97 Å². The number of carbonyl (C=O) groups is 1. The van der Waals surface area contributed by atoms with Crippen LogP contribution < -0.4 is 4.74 Å². The molecule has 1 heterocycles. The van der Waals surface area contributed by atoms with Crippen molar-refractivity contribution in [2.75, 3.05) is 0 Å². The number of ether oxygens (including phenoxy) is 1. The average molecular weight is 305 g/mol. The van der Waals surface area contributed by atoms with E-state index in [4.69, 9.17) is 14.6 Å². The fourth-order valence-corrected chi connectivity index (χ4v) is 2.21. The molecule has 0 bridgehead atoms. The van der Waals surface area contributed by atoms with Crippen LogP contribution in [0.3, 0.4) is 0 Å². The summed E-state index contributed by atoms with van der Waals surface area (Å²) in [5.74, 6) is 0.307. The highest BCUT2D eigenvalue weighted by Gasteiger charge is 2.17. The molecule has 114 valence electrons. The van der Waals surface area contributed by atoms with Crippen molar-refractivity contribution in [2.45, 2.75) is 6.92 Å². The SMILES string of the molecule is Cc1ccc(OC(=O)c2ccccc2)c(C(=N)c2ccco2)c1. The van der Waals surface area contributed by atoms with E-state index in [0.29, 0.717) is 22.6 Å². The summed E-state index contributed by atoms with van der Waals surface area (Å²) in [4.78, 5) is 12.2. The van der Waals surface area contributed by atoms with Crippen LogP contribution in [0.2, 0.25) is 0 Å². The highest BCUT2D eigenvalue weighted by molar-refractivity contribution is 6.11. The molecule has 4 nitrogen and oxygen atoms in total. The summed E-state index contributed by atoms with van der Waals surface area (Å²) < 4.78 is 10.8. The van der Waals surface area contributed by atoms with E-state index >= 15 is 0 Å². The molecule has 0 fully saturated rings. The summed E-state index contributed by atoms with van der Waals surface area (Å²) in [6.45, 7) is 1.92. The number of hydrogen-bond donors (Lipinski definition) is 1. The van der Waals surface area contributed by atoms with Crippen molar-refractivity contribution in [2.24, 2.45) is 0 Å². The van der Waals surface area contributed by atoms with Gasteiger partial charge < -0.3 is 9.15 Å². The van der Waals surface area contributed by atoms with Gasteiger partial charge in [-0.25, -0.2) is 4.79 Å². The fraction of sp³-hybridized carbons (Fsp3) is 0.0526. The Labute approximate surface area is 133 Å². The maximum absolute atomic E-state index is 12.2. The first-order valence-electron chi connectivity index (χ1n) is 7.16. The number of benzene rings is 2. The molecule has 0 aliphatic heterocycles. The Hall–Kier alpha value is -3.14. The lowest BCUT2D eigenvalue weighted by Gasteiger charge is -2.11. The zero-order valence-corrected chi connectivity index (χ0v) is 12.6. The van der Waals surface area contributed by atoms with Gasteiger partial charge in [-0.2, -0.15) is 0 Å². The van der Waals surface area contributed by atoms with E-state index in [1.165, 1.54) is 6.26 Å². The molecule has 4 heteroatoms. The maximum Gasteiger partial charge on any atom is 0.343 e. The highest BCUT2D eigenvalue weighted by atomic mass is 16.5. The van der Waals surface area contributed by atoms with E-state index in [0.717, 1.165) is 5.56 Å². The molecule has 0 saturated heterocycles. The maximum atomic E-state index is 12.2. The van der Waals surface area contributed by atoms with Crippen LogP contribution in [0, 0.1) is 12.3 Å². The molecule has 0 aliphatic carbocycles. The minimum atomic E-state index is -0.456. The van der Waals surface area contributed by atoms with Gasteiger partial charge in [0.1, 0.15) is 11.5 Å². The van der Waals surface area contributed by atoms with Crippen LogP contribution in [0.4, 0.5) is 0 Å². The Morgan fingerprint density at radius 2 is 1.83 bits per heavy atom. The molecular formula is C19H15NO3. The second-order valence-corrected chi connectivity index (χ2v) is 5.11. The van der Waals surface area contributed by atoms with Crippen LogP contribution in [0.5, 0.6) is 5.75 Å². The van der Waals surface area contributed by atoms with Crippen LogP contribution in [-0.4, -0.2) is 11.7 Å². The van der Waals surface area contributed by atoms with Gasteiger partial charge in [0.05, 0.1) is 11.8 Å². The normalized spacial score (nSPS) is 10.3. The van der Waals surface area contributed by atoms with Crippen LogP contribution >= 0.6 is 0 Å². The molecule has 0 atom stereocenters. The van der Waals surface area contributed by atoms with Gasteiger partial charge in [0.2, 0.25) is 0 Å².